The minimum Gasteiger partial charge on any atom is -0.453 e. The van der Waals surface area contributed by atoms with Crippen LogP contribution in [0.15, 0.2) is 35.4 Å². The van der Waals surface area contributed by atoms with Gasteiger partial charge in [-0.3, -0.25) is 14.6 Å². The minimum atomic E-state index is -0.468. The van der Waals surface area contributed by atoms with Gasteiger partial charge >= 0.3 is 6.09 Å². The van der Waals surface area contributed by atoms with Crippen LogP contribution in [0.3, 0.4) is 0 Å². The Hall–Kier alpha value is -2.90. The summed E-state index contributed by atoms with van der Waals surface area (Å²) in [5, 5.41) is 6.10. The number of hydrogen-bond donors (Lipinski definition) is 0. The maximum Gasteiger partial charge on any atom is 0.409 e. The highest BCUT2D eigenvalue weighted by molar-refractivity contribution is 6.40. The Labute approximate surface area is 158 Å². The van der Waals surface area contributed by atoms with Crippen molar-refractivity contribution >= 4 is 29.2 Å². The average molecular weight is 372 g/mol. The number of benzene rings is 1. The van der Waals surface area contributed by atoms with E-state index in [1.54, 1.807) is 14.8 Å². The number of amides is 2. The number of carbonyl (C=O) groups excluding carboxylic acids is 3. The standard InChI is InChI=1S/C19H24N4O4/c1-14(24)17-13-16(20-23(17)15-7-4-3-5-8-15)18(25)21-9-6-10-22(12-11-21)19(26)27-2/h3-5,7-8,17H,6,9-13H2,1-2H3. The molecule has 8 nitrogen and oxygen atoms in total. The first-order valence-corrected chi connectivity index (χ1v) is 9.05. The molecule has 2 aliphatic heterocycles. The Morgan fingerprint density at radius 2 is 1.70 bits per heavy atom. The molecule has 0 aromatic heterocycles. The second kappa shape index (κ2) is 8.20. The first kappa shape index (κ1) is 18.9. The highest BCUT2D eigenvalue weighted by Crippen LogP contribution is 2.25. The number of para-hydroxylation sites is 1. The van der Waals surface area contributed by atoms with Crippen LogP contribution >= 0.6 is 0 Å². The van der Waals surface area contributed by atoms with E-state index in [4.69, 9.17) is 4.74 Å². The molecular formula is C19H24N4O4. The summed E-state index contributed by atoms with van der Waals surface area (Å²) in [6.45, 7) is 3.45. The number of carbonyl (C=O) groups is 3. The van der Waals surface area contributed by atoms with Gasteiger partial charge in [0.05, 0.1) is 12.8 Å². The van der Waals surface area contributed by atoms with Gasteiger partial charge in [0, 0.05) is 32.6 Å². The number of ketones is 1. The third-order valence-electron chi connectivity index (χ3n) is 4.86. The predicted molar refractivity (Wildman–Crippen MR) is 101 cm³/mol. The number of ether oxygens (including phenoxy) is 1. The molecule has 0 aliphatic carbocycles. The molecule has 2 aliphatic rings. The summed E-state index contributed by atoms with van der Waals surface area (Å²) >= 11 is 0. The first-order valence-electron chi connectivity index (χ1n) is 9.05. The van der Waals surface area contributed by atoms with E-state index in [-0.39, 0.29) is 17.8 Å². The molecule has 0 spiro atoms. The molecule has 3 rings (SSSR count). The van der Waals surface area contributed by atoms with Gasteiger partial charge in [-0.25, -0.2) is 4.79 Å². The smallest absolute Gasteiger partial charge is 0.409 e. The normalized spacial score (nSPS) is 20.1. The lowest BCUT2D eigenvalue weighted by Gasteiger charge is -2.21. The van der Waals surface area contributed by atoms with Crippen LogP contribution in [0.4, 0.5) is 10.5 Å². The molecule has 27 heavy (non-hydrogen) atoms. The van der Waals surface area contributed by atoms with Gasteiger partial charge in [-0.2, -0.15) is 5.10 Å². The first-order chi connectivity index (χ1) is 13.0. The number of nitrogens with zero attached hydrogens (tertiary/aromatic N) is 4. The lowest BCUT2D eigenvalue weighted by Crippen LogP contribution is -2.40. The van der Waals surface area contributed by atoms with Gasteiger partial charge < -0.3 is 14.5 Å². The second-order valence-electron chi connectivity index (χ2n) is 6.66. The van der Waals surface area contributed by atoms with E-state index in [1.807, 2.05) is 30.3 Å². The van der Waals surface area contributed by atoms with Crippen LogP contribution in [-0.4, -0.2) is 72.6 Å². The van der Waals surface area contributed by atoms with Crippen molar-refractivity contribution in [3.05, 3.63) is 30.3 Å². The van der Waals surface area contributed by atoms with E-state index in [1.165, 1.54) is 14.0 Å². The predicted octanol–water partition coefficient (Wildman–Crippen LogP) is 1.51. The van der Waals surface area contributed by atoms with Crippen LogP contribution in [0.2, 0.25) is 0 Å². The maximum atomic E-state index is 13.0. The number of hydrazone groups is 1. The van der Waals surface area contributed by atoms with Crippen LogP contribution in [-0.2, 0) is 14.3 Å². The molecule has 1 aromatic carbocycles. The topological polar surface area (TPSA) is 82.5 Å². The zero-order chi connectivity index (χ0) is 19.4. The fraction of sp³-hybridized carbons (Fsp3) is 0.474. The number of anilines is 1. The molecule has 144 valence electrons. The molecule has 1 fully saturated rings. The lowest BCUT2D eigenvalue weighted by molar-refractivity contribution is -0.124. The van der Waals surface area contributed by atoms with Crippen molar-refractivity contribution in [2.24, 2.45) is 5.10 Å². The molecule has 0 radical (unpaired) electrons. The Morgan fingerprint density at radius 3 is 2.37 bits per heavy atom. The van der Waals surface area contributed by atoms with E-state index < -0.39 is 6.04 Å². The number of hydrogen-bond acceptors (Lipinski definition) is 6. The third-order valence-corrected chi connectivity index (χ3v) is 4.86. The fourth-order valence-corrected chi connectivity index (χ4v) is 3.39. The average Bonchev–Trinajstić information content (AvgIpc) is 2.99. The number of methoxy groups -OCH3 is 1. The van der Waals surface area contributed by atoms with Crippen LogP contribution in [0.5, 0.6) is 0 Å². The van der Waals surface area contributed by atoms with Gasteiger partial charge in [0.25, 0.3) is 5.91 Å². The number of rotatable bonds is 3. The number of Topliss-reactive ketones (excluding diaryl/α,β-unsaturated/α-hetero) is 1. The van der Waals surface area contributed by atoms with Gasteiger partial charge in [0.15, 0.2) is 5.78 Å². The summed E-state index contributed by atoms with van der Waals surface area (Å²) < 4.78 is 4.76. The van der Waals surface area contributed by atoms with E-state index in [0.29, 0.717) is 44.7 Å². The van der Waals surface area contributed by atoms with Crippen molar-refractivity contribution in [3.8, 4) is 0 Å². The highest BCUT2D eigenvalue weighted by Gasteiger charge is 2.36. The lowest BCUT2D eigenvalue weighted by atomic mass is 10.1. The van der Waals surface area contributed by atoms with Gasteiger partial charge in [0.1, 0.15) is 11.8 Å². The molecular weight excluding hydrogens is 348 g/mol. The molecule has 2 heterocycles. The van der Waals surface area contributed by atoms with Crippen LogP contribution in [0, 0.1) is 0 Å². The monoisotopic (exact) mass is 372 g/mol. The van der Waals surface area contributed by atoms with Crippen LogP contribution < -0.4 is 5.01 Å². The van der Waals surface area contributed by atoms with Crippen molar-refractivity contribution in [1.29, 1.82) is 0 Å². The summed E-state index contributed by atoms with van der Waals surface area (Å²) in [5.74, 6) is -0.204. The Kier molecular flexibility index (Phi) is 5.73. The van der Waals surface area contributed by atoms with E-state index >= 15 is 0 Å². The summed E-state index contributed by atoms with van der Waals surface area (Å²) in [7, 11) is 1.35. The minimum absolute atomic E-state index is 0.0295. The molecule has 1 saturated heterocycles. The Bertz CT molecular complexity index is 749. The summed E-state index contributed by atoms with van der Waals surface area (Å²) in [6, 6.07) is 8.91. The molecule has 0 N–H and O–H groups in total. The van der Waals surface area contributed by atoms with Crippen molar-refractivity contribution in [2.45, 2.75) is 25.8 Å². The van der Waals surface area contributed by atoms with E-state index in [9.17, 15) is 14.4 Å². The largest absolute Gasteiger partial charge is 0.453 e. The molecule has 1 unspecified atom stereocenters. The van der Waals surface area contributed by atoms with Gasteiger partial charge in [0.2, 0.25) is 0 Å². The van der Waals surface area contributed by atoms with Crippen molar-refractivity contribution in [1.82, 2.24) is 9.80 Å². The summed E-state index contributed by atoms with van der Waals surface area (Å²) in [4.78, 5) is 40.0. The molecule has 1 atom stereocenters. The second-order valence-corrected chi connectivity index (χ2v) is 6.66. The zero-order valence-electron chi connectivity index (χ0n) is 15.6. The summed E-state index contributed by atoms with van der Waals surface area (Å²) in [5.41, 5.74) is 1.17. The van der Waals surface area contributed by atoms with E-state index in [2.05, 4.69) is 5.10 Å². The van der Waals surface area contributed by atoms with E-state index in [0.717, 1.165) is 5.69 Å². The molecule has 8 heteroatoms. The quantitative estimate of drug-likeness (QED) is 0.803. The fourth-order valence-electron chi connectivity index (χ4n) is 3.39. The van der Waals surface area contributed by atoms with Crippen molar-refractivity contribution in [3.63, 3.8) is 0 Å². The Morgan fingerprint density at radius 1 is 1.04 bits per heavy atom. The third kappa shape index (κ3) is 4.10. The van der Waals surface area contributed by atoms with Gasteiger partial charge in [-0.1, -0.05) is 18.2 Å². The molecule has 2 amide bonds. The van der Waals surface area contributed by atoms with Crippen molar-refractivity contribution in [2.75, 3.05) is 38.3 Å². The van der Waals surface area contributed by atoms with Crippen LogP contribution in [0.25, 0.3) is 0 Å². The summed E-state index contributed by atoms with van der Waals surface area (Å²) in [6.07, 6.45) is 0.585. The van der Waals surface area contributed by atoms with Gasteiger partial charge in [-0.15, -0.1) is 0 Å². The maximum absolute atomic E-state index is 13.0. The molecule has 0 saturated carbocycles. The SMILES string of the molecule is COC(=O)N1CCCN(C(=O)C2=NN(c3ccccc3)C(C(C)=O)C2)CC1. The van der Waals surface area contributed by atoms with Crippen molar-refractivity contribution < 1.29 is 19.1 Å². The van der Waals surface area contributed by atoms with Crippen LogP contribution in [0.1, 0.15) is 19.8 Å². The van der Waals surface area contributed by atoms with Gasteiger partial charge in [-0.05, 0) is 25.5 Å². The highest BCUT2D eigenvalue weighted by atomic mass is 16.5. The molecule has 0 bridgehead atoms. The Balaban J connectivity index is 1.74. The zero-order valence-corrected chi connectivity index (χ0v) is 15.6. The molecule has 1 aromatic rings.